The number of H-pyrrole nitrogens is 2. The summed E-state index contributed by atoms with van der Waals surface area (Å²) in [5.41, 5.74) is 5.85. The van der Waals surface area contributed by atoms with Gasteiger partial charge in [0.2, 0.25) is 5.91 Å². The van der Waals surface area contributed by atoms with Gasteiger partial charge in [0.05, 0.1) is 33.9 Å². The number of nitrogens with one attached hydrogen (secondary N) is 3. The highest BCUT2D eigenvalue weighted by atomic mass is 32.1. The minimum Gasteiger partial charge on any atom is -0.335 e. The number of fused-ring (bicyclic) bond motifs is 2. The van der Waals surface area contributed by atoms with Gasteiger partial charge in [-0.1, -0.05) is 6.92 Å². The molecule has 188 valence electrons. The van der Waals surface area contributed by atoms with Crippen molar-refractivity contribution in [2.24, 2.45) is 0 Å². The van der Waals surface area contributed by atoms with Crippen molar-refractivity contribution in [1.82, 2.24) is 35.1 Å². The summed E-state index contributed by atoms with van der Waals surface area (Å²) in [4.78, 5) is 46.8. The fourth-order valence-electron chi connectivity index (χ4n) is 4.26. The van der Waals surface area contributed by atoms with Gasteiger partial charge in [0.25, 0.3) is 0 Å². The Morgan fingerprint density at radius 3 is 2.68 bits per heavy atom. The average molecular weight is 523 g/mol. The summed E-state index contributed by atoms with van der Waals surface area (Å²) in [7, 11) is 0. The summed E-state index contributed by atoms with van der Waals surface area (Å²) in [6.45, 7) is 3.52. The van der Waals surface area contributed by atoms with Crippen LogP contribution >= 0.6 is 11.3 Å². The maximum Gasteiger partial charge on any atom is 0.224 e. The number of aromatic nitrogens is 7. The zero-order valence-electron chi connectivity index (χ0n) is 20.6. The van der Waals surface area contributed by atoms with Crippen molar-refractivity contribution in [2.75, 3.05) is 5.32 Å². The lowest BCUT2D eigenvalue weighted by atomic mass is 10.1. The second-order valence-electron chi connectivity index (χ2n) is 8.84. The van der Waals surface area contributed by atoms with Gasteiger partial charge in [0.15, 0.2) is 17.3 Å². The highest BCUT2D eigenvalue weighted by Gasteiger charge is 2.18. The molecule has 0 aliphatic carbocycles. The number of thiophene rings is 1. The SMILES string of the molecule is CCCC(=O)Nc1cncc(-c2cnc3[nH]nc(-c4nc5c(-c6ccc(C(C)=O)s6)cncc5[nH]4)c3c2)c1. The Balaban J connectivity index is 1.39. The number of nitrogens with zero attached hydrogens (tertiary/aromatic N) is 5. The minimum atomic E-state index is -0.0454. The molecule has 10 nitrogen and oxygen atoms in total. The molecular weight excluding hydrogens is 500 g/mol. The maximum absolute atomic E-state index is 12.0. The number of imidazole rings is 1. The number of anilines is 1. The van der Waals surface area contributed by atoms with Gasteiger partial charge in [-0.3, -0.25) is 24.7 Å². The highest BCUT2D eigenvalue weighted by Crippen LogP contribution is 2.35. The van der Waals surface area contributed by atoms with E-state index in [1.54, 1.807) is 37.9 Å². The number of pyridine rings is 3. The molecule has 6 aromatic heterocycles. The molecule has 6 aromatic rings. The normalized spacial score (nSPS) is 11.3. The Morgan fingerprint density at radius 1 is 1.03 bits per heavy atom. The molecule has 0 saturated heterocycles. The van der Waals surface area contributed by atoms with Crippen LogP contribution in [0.25, 0.3) is 55.2 Å². The van der Waals surface area contributed by atoms with Crippen LogP contribution in [0.5, 0.6) is 0 Å². The van der Waals surface area contributed by atoms with Crippen LogP contribution in [0.2, 0.25) is 0 Å². The summed E-state index contributed by atoms with van der Waals surface area (Å²) in [6, 6.07) is 7.58. The molecule has 0 fully saturated rings. The molecule has 0 radical (unpaired) electrons. The van der Waals surface area contributed by atoms with Gasteiger partial charge >= 0.3 is 0 Å². The van der Waals surface area contributed by atoms with E-state index in [4.69, 9.17) is 4.98 Å². The Hall–Kier alpha value is -4.77. The maximum atomic E-state index is 12.0. The van der Waals surface area contributed by atoms with Crippen molar-refractivity contribution in [3.05, 3.63) is 60.1 Å². The van der Waals surface area contributed by atoms with Crippen molar-refractivity contribution in [3.63, 3.8) is 0 Å². The fourth-order valence-corrected chi connectivity index (χ4v) is 5.17. The molecule has 0 unspecified atom stereocenters. The summed E-state index contributed by atoms with van der Waals surface area (Å²) >= 11 is 1.42. The number of ketones is 1. The van der Waals surface area contributed by atoms with E-state index in [2.05, 4.69) is 35.5 Å². The van der Waals surface area contributed by atoms with Gasteiger partial charge in [-0.05, 0) is 37.6 Å². The molecule has 0 atom stereocenters. The molecule has 3 N–H and O–H groups in total. The molecule has 0 aliphatic heterocycles. The Labute approximate surface area is 220 Å². The molecule has 0 aromatic carbocycles. The first-order chi connectivity index (χ1) is 18.5. The van der Waals surface area contributed by atoms with E-state index in [-0.39, 0.29) is 11.7 Å². The van der Waals surface area contributed by atoms with Crippen molar-refractivity contribution < 1.29 is 9.59 Å². The molecule has 11 heteroatoms. The number of Topliss-reactive ketones (excluding diaryl/α,β-unsaturated/α-hetero) is 1. The van der Waals surface area contributed by atoms with Gasteiger partial charge in [-0.2, -0.15) is 5.10 Å². The second kappa shape index (κ2) is 9.60. The lowest BCUT2D eigenvalue weighted by Gasteiger charge is -2.07. The van der Waals surface area contributed by atoms with Gasteiger partial charge in [0, 0.05) is 46.6 Å². The quantitative estimate of drug-likeness (QED) is 0.231. The molecular formula is C27H22N8O2S. The Kier molecular flexibility index (Phi) is 5.97. The lowest BCUT2D eigenvalue weighted by Crippen LogP contribution is -2.10. The van der Waals surface area contributed by atoms with Crippen molar-refractivity contribution in [3.8, 4) is 33.1 Å². The van der Waals surface area contributed by atoms with E-state index >= 15 is 0 Å². The van der Waals surface area contributed by atoms with Crippen LogP contribution in [0.15, 0.2) is 55.2 Å². The predicted molar refractivity (Wildman–Crippen MR) is 147 cm³/mol. The molecule has 0 aliphatic rings. The molecule has 38 heavy (non-hydrogen) atoms. The number of carbonyl (C=O) groups excluding carboxylic acids is 2. The summed E-state index contributed by atoms with van der Waals surface area (Å²) < 4.78 is 0. The van der Waals surface area contributed by atoms with Gasteiger partial charge in [-0.25, -0.2) is 9.97 Å². The van der Waals surface area contributed by atoms with Gasteiger partial charge in [0.1, 0.15) is 11.2 Å². The molecule has 6 heterocycles. The predicted octanol–water partition coefficient (Wildman–Crippen LogP) is 5.63. The first-order valence-electron chi connectivity index (χ1n) is 12.0. The minimum absolute atomic E-state index is 0.0273. The van der Waals surface area contributed by atoms with Crippen LogP contribution in [-0.2, 0) is 4.79 Å². The third-order valence-electron chi connectivity index (χ3n) is 6.09. The number of aromatic amines is 2. The topological polar surface area (TPSA) is 142 Å². The molecule has 0 spiro atoms. The van der Waals surface area contributed by atoms with E-state index in [1.807, 2.05) is 31.2 Å². The fraction of sp³-hybridized carbons (Fsp3) is 0.148. The van der Waals surface area contributed by atoms with E-state index in [0.29, 0.717) is 34.2 Å². The smallest absolute Gasteiger partial charge is 0.224 e. The van der Waals surface area contributed by atoms with Crippen LogP contribution in [0.1, 0.15) is 36.4 Å². The number of rotatable bonds is 7. The van der Waals surface area contributed by atoms with Crippen LogP contribution in [0.3, 0.4) is 0 Å². The highest BCUT2D eigenvalue weighted by molar-refractivity contribution is 7.17. The molecule has 0 saturated carbocycles. The number of carbonyl (C=O) groups is 2. The van der Waals surface area contributed by atoms with Gasteiger partial charge < -0.3 is 10.3 Å². The van der Waals surface area contributed by atoms with E-state index in [9.17, 15) is 9.59 Å². The average Bonchev–Trinajstić information content (AvgIpc) is 3.66. The number of hydrogen-bond acceptors (Lipinski definition) is 8. The van der Waals surface area contributed by atoms with Crippen LogP contribution < -0.4 is 5.32 Å². The van der Waals surface area contributed by atoms with Gasteiger partial charge in [-0.15, -0.1) is 11.3 Å². The zero-order valence-corrected chi connectivity index (χ0v) is 21.4. The Morgan fingerprint density at radius 2 is 1.87 bits per heavy atom. The van der Waals surface area contributed by atoms with Crippen molar-refractivity contribution in [2.45, 2.75) is 26.7 Å². The zero-order chi connectivity index (χ0) is 26.2. The van der Waals surface area contributed by atoms with Crippen LogP contribution in [-0.4, -0.2) is 46.8 Å². The van der Waals surface area contributed by atoms with Crippen LogP contribution in [0, 0.1) is 0 Å². The standard InChI is InChI=1S/C27H22N8O2S/c1-3-4-23(37)31-17-7-15(9-28-11-17)16-8-18-25(34-35-26(18)30-10-16)27-32-20-13-29-12-19(24(20)33-27)22-6-5-21(38-22)14(2)36/h5-13H,3-4H2,1-2H3,(H,31,37)(H,32,33)(H,30,34,35). The van der Waals surface area contributed by atoms with Crippen molar-refractivity contribution >= 4 is 50.8 Å². The largest absolute Gasteiger partial charge is 0.335 e. The monoisotopic (exact) mass is 522 g/mol. The summed E-state index contributed by atoms with van der Waals surface area (Å²) in [6.07, 6.45) is 9.79. The number of hydrogen-bond donors (Lipinski definition) is 3. The summed E-state index contributed by atoms with van der Waals surface area (Å²) in [5.74, 6) is 0.553. The summed E-state index contributed by atoms with van der Waals surface area (Å²) in [5, 5.41) is 11.1. The molecule has 0 bridgehead atoms. The molecule has 6 rings (SSSR count). The molecule has 1 amide bonds. The Bertz CT molecular complexity index is 1830. The van der Waals surface area contributed by atoms with Crippen molar-refractivity contribution in [1.29, 1.82) is 0 Å². The van der Waals surface area contributed by atoms with E-state index in [1.165, 1.54) is 11.3 Å². The first kappa shape index (κ1) is 23.6. The van der Waals surface area contributed by atoms with E-state index < -0.39 is 0 Å². The number of amides is 1. The lowest BCUT2D eigenvalue weighted by molar-refractivity contribution is -0.116. The van der Waals surface area contributed by atoms with E-state index in [0.717, 1.165) is 44.4 Å². The van der Waals surface area contributed by atoms with Crippen LogP contribution in [0.4, 0.5) is 5.69 Å². The first-order valence-corrected chi connectivity index (χ1v) is 12.9. The third kappa shape index (κ3) is 4.33. The second-order valence-corrected chi connectivity index (χ2v) is 9.93. The third-order valence-corrected chi connectivity index (χ3v) is 7.31.